The Morgan fingerprint density at radius 1 is 1.33 bits per heavy atom. The summed E-state index contributed by atoms with van der Waals surface area (Å²) in [5.41, 5.74) is 6.14. The summed E-state index contributed by atoms with van der Waals surface area (Å²) >= 11 is 0. The van der Waals surface area contributed by atoms with Crippen LogP contribution in [0.3, 0.4) is 0 Å². The molecule has 0 amide bonds. The normalized spacial score (nSPS) is 14.1. The maximum Gasteiger partial charge on any atom is 0.315 e. The minimum absolute atomic E-state index is 0.0287. The molecule has 1 aromatic heterocycles. The summed E-state index contributed by atoms with van der Waals surface area (Å²) < 4.78 is 1.82. The van der Waals surface area contributed by atoms with Gasteiger partial charge >= 0.3 is 5.97 Å². The van der Waals surface area contributed by atoms with Crippen molar-refractivity contribution in [3.8, 4) is 0 Å². The third-order valence-corrected chi connectivity index (χ3v) is 3.76. The second kappa shape index (κ2) is 6.10. The van der Waals surface area contributed by atoms with Crippen LogP contribution in [0.1, 0.15) is 31.1 Å². The van der Waals surface area contributed by atoms with Gasteiger partial charge in [0.1, 0.15) is 5.41 Å². The highest BCUT2D eigenvalue weighted by Gasteiger charge is 2.40. The Balaban J connectivity index is 2.39. The Hall–Kier alpha value is -2.14. The average molecular weight is 287 g/mol. The summed E-state index contributed by atoms with van der Waals surface area (Å²) in [5, 5.41) is 14.2. The Bertz CT molecular complexity index is 607. The fourth-order valence-electron chi connectivity index (χ4n) is 2.40. The topological polar surface area (TPSA) is 81.1 Å². The molecule has 0 radical (unpaired) electrons. The number of aromatic nitrogens is 2. The number of nitrogens with zero attached hydrogens (tertiary/aromatic N) is 2. The molecule has 5 heteroatoms. The van der Waals surface area contributed by atoms with Gasteiger partial charge in [0, 0.05) is 25.2 Å². The Kier molecular flexibility index (Phi) is 4.43. The lowest BCUT2D eigenvalue weighted by Crippen LogP contribution is -2.45. The summed E-state index contributed by atoms with van der Waals surface area (Å²) in [6.07, 6.45) is 2.15. The zero-order chi connectivity index (χ0) is 15.5. The molecule has 0 saturated heterocycles. The number of hydrogen-bond acceptors (Lipinski definition) is 3. The van der Waals surface area contributed by atoms with Crippen LogP contribution < -0.4 is 5.73 Å². The quantitative estimate of drug-likeness (QED) is 0.851. The van der Waals surface area contributed by atoms with Gasteiger partial charge in [0.05, 0.1) is 5.69 Å². The van der Waals surface area contributed by atoms with Gasteiger partial charge in [-0.2, -0.15) is 5.10 Å². The molecular weight excluding hydrogens is 266 g/mol. The molecule has 5 nitrogen and oxygen atoms in total. The standard InChI is InChI=1S/C16H21N3O2/c1-12(2)19-9-8-14(18-19)10-16(11-17,15(20)21)13-6-4-3-5-7-13/h3-9,12H,10-11,17H2,1-2H3,(H,20,21). The second-order valence-corrected chi connectivity index (χ2v) is 5.52. The minimum Gasteiger partial charge on any atom is -0.481 e. The summed E-state index contributed by atoms with van der Waals surface area (Å²) in [5.74, 6) is -0.921. The van der Waals surface area contributed by atoms with E-state index in [4.69, 9.17) is 5.73 Å². The first kappa shape index (κ1) is 15.3. The SMILES string of the molecule is CC(C)n1ccc(CC(CN)(C(=O)O)c2ccccc2)n1. The van der Waals surface area contributed by atoms with Crippen molar-refractivity contribution in [2.45, 2.75) is 31.7 Å². The third kappa shape index (κ3) is 2.97. The van der Waals surface area contributed by atoms with Crippen molar-refractivity contribution >= 4 is 5.97 Å². The lowest BCUT2D eigenvalue weighted by atomic mass is 9.76. The zero-order valence-corrected chi connectivity index (χ0v) is 12.4. The van der Waals surface area contributed by atoms with Crippen molar-refractivity contribution in [2.75, 3.05) is 6.54 Å². The van der Waals surface area contributed by atoms with Crippen LogP contribution in [-0.4, -0.2) is 27.4 Å². The molecule has 0 fully saturated rings. The van der Waals surface area contributed by atoms with Crippen molar-refractivity contribution in [2.24, 2.45) is 5.73 Å². The molecule has 2 rings (SSSR count). The molecule has 21 heavy (non-hydrogen) atoms. The van der Waals surface area contributed by atoms with Crippen LogP contribution >= 0.6 is 0 Å². The number of hydrogen-bond donors (Lipinski definition) is 2. The smallest absolute Gasteiger partial charge is 0.315 e. The van der Waals surface area contributed by atoms with E-state index in [1.54, 1.807) is 12.1 Å². The molecule has 0 aliphatic heterocycles. The molecule has 112 valence electrons. The number of carboxylic acid groups (broad SMARTS) is 1. The molecule has 2 aromatic rings. The summed E-state index contributed by atoms with van der Waals surface area (Å²) in [6.45, 7) is 4.09. The lowest BCUT2D eigenvalue weighted by molar-refractivity contribution is -0.143. The predicted octanol–water partition coefficient (Wildman–Crippen LogP) is 1.99. The largest absolute Gasteiger partial charge is 0.481 e. The van der Waals surface area contributed by atoms with Crippen molar-refractivity contribution < 1.29 is 9.90 Å². The van der Waals surface area contributed by atoms with Gasteiger partial charge in [-0.25, -0.2) is 0 Å². The van der Waals surface area contributed by atoms with Crippen molar-refractivity contribution in [3.05, 3.63) is 53.9 Å². The Morgan fingerprint density at radius 2 is 2.00 bits per heavy atom. The van der Waals surface area contributed by atoms with Crippen molar-refractivity contribution in [1.82, 2.24) is 9.78 Å². The van der Waals surface area contributed by atoms with Gasteiger partial charge in [-0.05, 0) is 25.5 Å². The first-order chi connectivity index (χ1) is 9.99. The number of aliphatic carboxylic acids is 1. The van der Waals surface area contributed by atoms with E-state index in [2.05, 4.69) is 5.10 Å². The molecule has 1 heterocycles. The van der Waals surface area contributed by atoms with E-state index < -0.39 is 11.4 Å². The van der Waals surface area contributed by atoms with E-state index in [0.29, 0.717) is 5.56 Å². The van der Waals surface area contributed by atoms with Crippen LogP contribution in [-0.2, 0) is 16.6 Å². The zero-order valence-electron chi connectivity index (χ0n) is 12.4. The van der Waals surface area contributed by atoms with E-state index in [1.165, 1.54) is 0 Å². The molecule has 3 N–H and O–H groups in total. The van der Waals surface area contributed by atoms with Crippen LogP contribution in [0.15, 0.2) is 42.6 Å². The third-order valence-electron chi connectivity index (χ3n) is 3.76. The predicted molar refractivity (Wildman–Crippen MR) is 81.1 cm³/mol. The van der Waals surface area contributed by atoms with Gasteiger partial charge in [-0.15, -0.1) is 0 Å². The van der Waals surface area contributed by atoms with Gasteiger partial charge < -0.3 is 10.8 Å². The number of benzene rings is 1. The highest BCUT2D eigenvalue weighted by Crippen LogP contribution is 2.28. The van der Waals surface area contributed by atoms with E-state index in [9.17, 15) is 9.90 Å². The van der Waals surface area contributed by atoms with Gasteiger partial charge in [-0.3, -0.25) is 9.48 Å². The molecule has 0 bridgehead atoms. The molecular formula is C16H21N3O2. The van der Waals surface area contributed by atoms with Gasteiger partial charge in [-0.1, -0.05) is 30.3 Å². The Labute approximate surface area is 124 Å². The number of rotatable bonds is 6. The first-order valence-electron chi connectivity index (χ1n) is 7.02. The molecule has 0 aliphatic rings. The van der Waals surface area contributed by atoms with E-state index >= 15 is 0 Å². The van der Waals surface area contributed by atoms with E-state index in [0.717, 1.165) is 5.69 Å². The molecule has 0 saturated carbocycles. The van der Waals surface area contributed by atoms with Crippen LogP contribution in [0.5, 0.6) is 0 Å². The highest BCUT2D eigenvalue weighted by molar-refractivity contribution is 5.82. The molecule has 0 spiro atoms. The van der Waals surface area contributed by atoms with Gasteiger partial charge in [0.15, 0.2) is 0 Å². The van der Waals surface area contributed by atoms with Gasteiger partial charge in [0.2, 0.25) is 0 Å². The summed E-state index contributed by atoms with van der Waals surface area (Å²) in [6, 6.07) is 11.2. The van der Waals surface area contributed by atoms with Crippen molar-refractivity contribution in [1.29, 1.82) is 0 Å². The minimum atomic E-state index is -1.14. The maximum absolute atomic E-state index is 11.9. The molecule has 0 aliphatic carbocycles. The molecule has 1 aromatic carbocycles. The maximum atomic E-state index is 11.9. The Morgan fingerprint density at radius 3 is 2.48 bits per heavy atom. The fourth-order valence-corrected chi connectivity index (χ4v) is 2.40. The summed E-state index contributed by atoms with van der Waals surface area (Å²) in [4.78, 5) is 11.9. The van der Waals surface area contributed by atoms with E-state index in [1.807, 2.05) is 49.0 Å². The highest BCUT2D eigenvalue weighted by atomic mass is 16.4. The number of nitrogens with two attached hydrogens (primary N) is 1. The lowest BCUT2D eigenvalue weighted by Gasteiger charge is -2.27. The second-order valence-electron chi connectivity index (χ2n) is 5.52. The average Bonchev–Trinajstić information content (AvgIpc) is 2.94. The fraction of sp³-hybridized carbons (Fsp3) is 0.375. The van der Waals surface area contributed by atoms with Crippen molar-refractivity contribution in [3.63, 3.8) is 0 Å². The van der Waals surface area contributed by atoms with Crippen LogP contribution in [0.4, 0.5) is 0 Å². The summed E-state index contributed by atoms with van der Waals surface area (Å²) in [7, 11) is 0. The first-order valence-corrected chi connectivity index (χ1v) is 7.02. The van der Waals surface area contributed by atoms with Crippen LogP contribution in [0.25, 0.3) is 0 Å². The molecule has 1 unspecified atom stereocenters. The van der Waals surface area contributed by atoms with Gasteiger partial charge in [0.25, 0.3) is 0 Å². The van der Waals surface area contributed by atoms with E-state index in [-0.39, 0.29) is 19.0 Å². The number of carbonyl (C=O) groups is 1. The molecule has 1 atom stereocenters. The van der Waals surface area contributed by atoms with Crippen LogP contribution in [0, 0.1) is 0 Å². The number of carboxylic acids is 1. The van der Waals surface area contributed by atoms with Crippen LogP contribution in [0.2, 0.25) is 0 Å². The monoisotopic (exact) mass is 287 g/mol.